The first kappa shape index (κ1) is 14.1. The zero-order chi connectivity index (χ0) is 13.7. The van der Waals surface area contributed by atoms with Gasteiger partial charge in [0, 0.05) is 23.9 Å². The summed E-state index contributed by atoms with van der Waals surface area (Å²) in [4.78, 5) is 4.00. The molecule has 0 bridgehead atoms. The van der Waals surface area contributed by atoms with E-state index < -0.39 is 0 Å². The zero-order valence-corrected chi connectivity index (χ0v) is 12.0. The van der Waals surface area contributed by atoms with Gasteiger partial charge in [-0.25, -0.2) is 4.98 Å². The van der Waals surface area contributed by atoms with Crippen molar-refractivity contribution in [2.75, 3.05) is 7.05 Å². The Hall–Kier alpha value is -1.29. The fourth-order valence-electron chi connectivity index (χ4n) is 1.68. The molecule has 0 saturated carbocycles. The van der Waals surface area contributed by atoms with Crippen LogP contribution in [-0.4, -0.2) is 12.0 Å². The van der Waals surface area contributed by atoms with Gasteiger partial charge in [0.2, 0.25) is 0 Å². The fraction of sp³-hybridized carbons (Fsp3) is 0.214. The molecule has 2 rings (SSSR count). The molecule has 0 amide bonds. The summed E-state index contributed by atoms with van der Waals surface area (Å²) in [7, 11) is 1.90. The van der Waals surface area contributed by atoms with E-state index in [4.69, 9.17) is 27.9 Å². The second-order valence-electron chi connectivity index (χ2n) is 4.03. The number of rotatable bonds is 5. The van der Waals surface area contributed by atoms with Gasteiger partial charge < -0.3 is 10.1 Å². The van der Waals surface area contributed by atoms with Crippen LogP contribution in [-0.2, 0) is 13.2 Å². The molecule has 0 aliphatic carbocycles. The molecule has 0 aliphatic rings. The lowest BCUT2D eigenvalue weighted by Crippen LogP contribution is -2.07. The van der Waals surface area contributed by atoms with Crippen LogP contribution < -0.4 is 10.1 Å². The molecule has 19 heavy (non-hydrogen) atoms. The molecule has 0 spiro atoms. The lowest BCUT2D eigenvalue weighted by atomic mass is 10.2. The van der Waals surface area contributed by atoms with Crippen molar-refractivity contribution in [3.05, 3.63) is 57.8 Å². The second kappa shape index (κ2) is 6.75. The molecule has 1 aromatic carbocycles. The maximum atomic E-state index is 6.08. The molecule has 0 atom stereocenters. The number of para-hydroxylation sites is 1. The quantitative estimate of drug-likeness (QED) is 0.855. The summed E-state index contributed by atoms with van der Waals surface area (Å²) >= 11 is 11.8. The molecule has 0 saturated heterocycles. The molecule has 1 N–H and O–H groups in total. The molecule has 0 radical (unpaired) electrons. The smallest absolute Gasteiger partial charge is 0.130 e. The van der Waals surface area contributed by atoms with Crippen LogP contribution >= 0.6 is 23.2 Å². The van der Waals surface area contributed by atoms with E-state index in [1.807, 2.05) is 31.3 Å². The summed E-state index contributed by atoms with van der Waals surface area (Å²) in [5.74, 6) is 0.836. The van der Waals surface area contributed by atoms with Crippen LogP contribution in [0.25, 0.3) is 0 Å². The number of aromatic nitrogens is 1. The number of halogens is 2. The van der Waals surface area contributed by atoms with Crippen LogP contribution in [0.5, 0.6) is 5.75 Å². The van der Waals surface area contributed by atoms with Crippen LogP contribution in [0.1, 0.15) is 11.1 Å². The first-order valence-corrected chi connectivity index (χ1v) is 6.61. The van der Waals surface area contributed by atoms with E-state index in [1.165, 1.54) is 0 Å². The van der Waals surface area contributed by atoms with E-state index in [0.29, 0.717) is 16.8 Å². The van der Waals surface area contributed by atoms with Crippen molar-refractivity contribution in [2.45, 2.75) is 13.2 Å². The Balaban J connectivity index is 2.10. The van der Waals surface area contributed by atoms with Crippen LogP contribution in [0.2, 0.25) is 10.2 Å². The number of ether oxygens (including phenoxy) is 1. The van der Waals surface area contributed by atoms with Gasteiger partial charge in [0.05, 0.1) is 5.02 Å². The Bertz CT molecular complexity index is 561. The first-order valence-electron chi connectivity index (χ1n) is 5.86. The third kappa shape index (κ3) is 3.83. The molecule has 2 aromatic rings. The topological polar surface area (TPSA) is 34.1 Å². The van der Waals surface area contributed by atoms with Crippen molar-refractivity contribution < 1.29 is 4.74 Å². The molecule has 1 aromatic heterocycles. The summed E-state index contributed by atoms with van der Waals surface area (Å²) in [5, 5.41) is 4.05. The van der Waals surface area contributed by atoms with Crippen LogP contribution in [0, 0.1) is 0 Å². The van der Waals surface area contributed by atoms with Crippen LogP contribution in [0.3, 0.4) is 0 Å². The standard InChI is InChI=1S/C14H14Cl2N2O/c1-17-7-10-4-2-3-5-13(10)19-9-11-8-18-14(16)6-12(11)15/h2-6,8,17H,7,9H2,1H3. The van der Waals surface area contributed by atoms with E-state index in [2.05, 4.69) is 10.3 Å². The summed E-state index contributed by atoms with van der Waals surface area (Å²) in [6, 6.07) is 9.49. The Morgan fingerprint density at radius 3 is 2.74 bits per heavy atom. The summed E-state index contributed by atoms with van der Waals surface area (Å²) in [6.45, 7) is 1.12. The normalized spacial score (nSPS) is 10.5. The average molecular weight is 297 g/mol. The molecule has 1 heterocycles. The van der Waals surface area contributed by atoms with Crippen molar-refractivity contribution in [1.29, 1.82) is 0 Å². The SMILES string of the molecule is CNCc1ccccc1OCc1cnc(Cl)cc1Cl. The van der Waals surface area contributed by atoms with Gasteiger partial charge >= 0.3 is 0 Å². The molecular formula is C14H14Cl2N2O. The van der Waals surface area contributed by atoms with Gasteiger partial charge in [-0.3, -0.25) is 0 Å². The second-order valence-corrected chi connectivity index (χ2v) is 4.82. The highest BCUT2D eigenvalue weighted by Gasteiger charge is 2.06. The van der Waals surface area contributed by atoms with E-state index in [0.717, 1.165) is 23.4 Å². The molecule has 3 nitrogen and oxygen atoms in total. The number of hydrogen-bond acceptors (Lipinski definition) is 3. The van der Waals surface area contributed by atoms with E-state index in [1.54, 1.807) is 12.3 Å². The highest BCUT2D eigenvalue weighted by molar-refractivity contribution is 6.34. The third-order valence-corrected chi connectivity index (χ3v) is 3.18. The monoisotopic (exact) mass is 296 g/mol. The Morgan fingerprint density at radius 1 is 1.21 bits per heavy atom. The number of nitrogens with zero attached hydrogens (tertiary/aromatic N) is 1. The Kier molecular flexibility index (Phi) is 5.02. The zero-order valence-electron chi connectivity index (χ0n) is 10.5. The van der Waals surface area contributed by atoms with Crippen molar-refractivity contribution >= 4 is 23.2 Å². The van der Waals surface area contributed by atoms with Crippen LogP contribution in [0.4, 0.5) is 0 Å². The first-order chi connectivity index (χ1) is 9.20. The van der Waals surface area contributed by atoms with Gasteiger partial charge in [-0.05, 0) is 19.2 Å². The van der Waals surface area contributed by atoms with Gasteiger partial charge in [0.15, 0.2) is 0 Å². The Labute approximate surface area is 122 Å². The van der Waals surface area contributed by atoms with Crippen molar-refractivity contribution in [3.8, 4) is 5.75 Å². The largest absolute Gasteiger partial charge is 0.488 e. The molecule has 5 heteroatoms. The highest BCUT2D eigenvalue weighted by atomic mass is 35.5. The van der Waals surface area contributed by atoms with E-state index in [9.17, 15) is 0 Å². The maximum absolute atomic E-state index is 6.08. The van der Waals surface area contributed by atoms with Crippen LogP contribution in [0.15, 0.2) is 36.5 Å². The minimum absolute atomic E-state index is 0.365. The molecule has 0 fully saturated rings. The van der Waals surface area contributed by atoms with E-state index in [-0.39, 0.29) is 0 Å². The predicted octanol–water partition coefficient (Wildman–Crippen LogP) is 3.69. The minimum atomic E-state index is 0.365. The maximum Gasteiger partial charge on any atom is 0.130 e. The molecular weight excluding hydrogens is 283 g/mol. The molecule has 100 valence electrons. The lowest BCUT2D eigenvalue weighted by Gasteiger charge is -2.11. The molecule has 0 aliphatic heterocycles. The van der Waals surface area contributed by atoms with Crippen molar-refractivity contribution in [3.63, 3.8) is 0 Å². The molecule has 0 unspecified atom stereocenters. The number of pyridine rings is 1. The number of benzene rings is 1. The number of hydrogen-bond donors (Lipinski definition) is 1. The van der Waals surface area contributed by atoms with Gasteiger partial charge in [-0.15, -0.1) is 0 Å². The van der Waals surface area contributed by atoms with Crippen molar-refractivity contribution in [1.82, 2.24) is 10.3 Å². The fourth-order valence-corrected chi connectivity index (χ4v) is 2.10. The summed E-state index contributed by atoms with van der Waals surface area (Å²) in [5.41, 5.74) is 1.91. The summed E-state index contributed by atoms with van der Waals surface area (Å²) in [6.07, 6.45) is 1.63. The summed E-state index contributed by atoms with van der Waals surface area (Å²) < 4.78 is 5.79. The van der Waals surface area contributed by atoms with Gasteiger partial charge in [0.1, 0.15) is 17.5 Å². The third-order valence-electron chi connectivity index (χ3n) is 2.62. The lowest BCUT2D eigenvalue weighted by molar-refractivity contribution is 0.302. The minimum Gasteiger partial charge on any atom is -0.488 e. The van der Waals surface area contributed by atoms with Gasteiger partial charge in [0.25, 0.3) is 0 Å². The van der Waals surface area contributed by atoms with E-state index >= 15 is 0 Å². The Morgan fingerprint density at radius 2 is 2.00 bits per heavy atom. The van der Waals surface area contributed by atoms with Gasteiger partial charge in [-0.1, -0.05) is 41.4 Å². The number of nitrogens with one attached hydrogen (secondary N) is 1. The average Bonchev–Trinajstić information content (AvgIpc) is 2.40. The van der Waals surface area contributed by atoms with Crippen molar-refractivity contribution in [2.24, 2.45) is 0 Å². The predicted molar refractivity (Wildman–Crippen MR) is 77.8 cm³/mol. The highest BCUT2D eigenvalue weighted by Crippen LogP contribution is 2.23. The van der Waals surface area contributed by atoms with Gasteiger partial charge in [-0.2, -0.15) is 0 Å².